The highest BCUT2D eigenvalue weighted by atomic mass is 32.2. The Morgan fingerprint density at radius 3 is 2.31 bits per heavy atom. The Hall–Kier alpha value is -2.58. The van der Waals surface area contributed by atoms with Crippen molar-refractivity contribution in [3.63, 3.8) is 0 Å². The van der Waals surface area contributed by atoms with Crippen molar-refractivity contribution in [2.75, 3.05) is 24.6 Å². The van der Waals surface area contributed by atoms with Gasteiger partial charge in [0.2, 0.25) is 17.7 Å². The van der Waals surface area contributed by atoms with Gasteiger partial charge in [0.25, 0.3) is 0 Å². The molecule has 3 aliphatic heterocycles. The fourth-order valence-corrected chi connectivity index (χ4v) is 9.48. The lowest BCUT2D eigenvalue weighted by molar-refractivity contribution is -0.147. The van der Waals surface area contributed by atoms with Gasteiger partial charge in [0.05, 0.1) is 29.2 Å². The summed E-state index contributed by atoms with van der Waals surface area (Å²) in [6.45, 7) is 18.2. The van der Waals surface area contributed by atoms with E-state index in [0.29, 0.717) is 13.1 Å². The number of thioether (sulfide) groups is 1. The Morgan fingerprint density at radius 1 is 1.13 bits per heavy atom. The first kappa shape index (κ1) is 29.4. The molecule has 4 rings (SSSR count). The third-order valence-electron chi connectivity index (χ3n) is 8.89. The van der Waals surface area contributed by atoms with Crippen molar-refractivity contribution < 1.29 is 19.5 Å². The Balaban J connectivity index is 1.85. The topological polar surface area (TPSA) is 81.2 Å². The van der Waals surface area contributed by atoms with Crippen molar-refractivity contribution in [1.82, 2.24) is 9.80 Å². The van der Waals surface area contributed by atoms with Gasteiger partial charge in [-0.25, -0.2) is 0 Å². The van der Waals surface area contributed by atoms with Gasteiger partial charge in [-0.3, -0.25) is 14.4 Å². The molecule has 0 saturated carbocycles. The van der Waals surface area contributed by atoms with Crippen LogP contribution in [0.25, 0.3) is 0 Å². The van der Waals surface area contributed by atoms with Crippen molar-refractivity contribution in [3.8, 4) is 0 Å². The third kappa shape index (κ3) is 4.63. The van der Waals surface area contributed by atoms with E-state index >= 15 is 0 Å². The Bertz CT molecular complexity index is 1110. The number of rotatable bonds is 11. The van der Waals surface area contributed by atoms with Gasteiger partial charge in [-0.1, -0.05) is 51.1 Å². The molecule has 2 bridgehead atoms. The first-order chi connectivity index (χ1) is 18.6. The maximum atomic E-state index is 14.5. The average Bonchev–Trinajstić information content (AvgIpc) is 3.49. The number of hydrogen-bond donors (Lipinski definition) is 1. The molecule has 8 heteroatoms. The van der Waals surface area contributed by atoms with E-state index in [1.165, 1.54) is 0 Å². The van der Waals surface area contributed by atoms with Crippen LogP contribution in [0.3, 0.4) is 0 Å². The molecule has 0 aromatic heterocycles. The second-order valence-electron chi connectivity index (χ2n) is 11.7. The van der Waals surface area contributed by atoms with Crippen LogP contribution in [0.2, 0.25) is 0 Å². The first-order valence-electron chi connectivity index (χ1n) is 14.1. The van der Waals surface area contributed by atoms with Gasteiger partial charge in [0.15, 0.2) is 0 Å². The lowest BCUT2D eigenvalue weighted by Crippen LogP contribution is -2.60. The number of nitrogens with zero attached hydrogens (tertiary/aromatic N) is 3. The summed E-state index contributed by atoms with van der Waals surface area (Å²) in [5.41, 5.74) is 0.764. The van der Waals surface area contributed by atoms with Gasteiger partial charge < -0.3 is 19.8 Å². The molecule has 3 unspecified atom stereocenters. The number of carbonyl (C=O) groups is 3. The summed E-state index contributed by atoms with van der Waals surface area (Å²) in [6, 6.07) is 8.11. The van der Waals surface area contributed by atoms with Crippen LogP contribution >= 0.6 is 11.8 Å². The largest absolute Gasteiger partial charge is 0.394 e. The number of hydrogen-bond acceptors (Lipinski definition) is 5. The molecule has 1 spiro atoms. The maximum Gasteiger partial charge on any atom is 0.247 e. The van der Waals surface area contributed by atoms with Crippen LogP contribution in [0, 0.1) is 23.7 Å². The van der Waals surface area contributed by atoms with Gasteiger partial charge >= 0.3 is 0 Å². The zero-order chi connectivity index (χ0) is 28.6. The summed E-state index contributed by atoms with van der Waals surface area (Å²) in [5.74, 6) is -1.62. The molecule has 7 nitrogen and oxygen atoms in total. The minimum absolute atomic E-state index is 0.0540. The molecular weight excluding hydrogens is 510 g/mol. The highest BCUT2D eigenvalue weighted by molar-refractivity contribution is 8.02. The lowest BCUT2D eigenvalue weighted by atomic mass is 9.65. The summed E-state index contributed by atoms with van der Waals surface area (Å²) < 4.78 is -0.744. The number of fused-ring (bicyclic) bond motifs is 1. The molecule has 0 radical (unpaired) electrons. The zero-order valence-electron chi connectivity index (χ0n) is 23.8. The van der Waals surface area contributed by atoms with Crippen molar-refractivity contribution in [2.24, 2.45) is 23.7 Å². The second kappa shape index (κ2) is 11.5. The molecule has 3 saturated heterocycles. The molecule has 212 valence electrons. The van der Waals surface area contributed by atoms with Crippen LogP contribution in [0.15, 0.2) is 55.6 Å². The molecular formula is C31H43N3O4S. The summed E-state index contributed by atoms with van der Waals surface area (Å²) in [7, 11) is 0. The Labute approximate surface area is 237 Å². The molecule has 3 heterocycles. The predicted molar refractivity (Wildman–Crippen MR) is 157 cm³/mol. The number of carbonyl (C=O) groups excluding carboxylic acids is 3. The number of aliphatic hydroxyl groups excluding tert-OH is 1. The average molecular weight is 554 g/mol. The van der Waals surface area contributed by atoms with E-state index in [0.717, 1.165) is 12.1 Å². The highest BCUT2D eigenvalue weighted by Gasteiger charge is 2.77. The summed E-state index contributed by atoms with van der Waals surface area (Å²) >= 11 is 1.66. The van der Waals surface area contributed by atoms with Crippen molar-refractivity contribution in [1.29, 1.82) is 0 Å². The zero-order valence-corrected chi connectivity index (χ0v) is 24.6. The van der Waals surface area contributed by atoms with Crippen molar-refractivity contribution >= 4 is 35.2 Å². The van der Waals surface area contributed by atoms with Crippen LogP contribution < -0.4 is 4.90 Å². The fraction of sp³-hybridized carbons (Fsp3) is 0.581. The minimum Gasteiger partial charge on any atom is -0.394 e. The Kier molecular flexibility index (Phi) is 8.67. The molecule has 7 atom stereocenters. The SMILES string of the molecule is C=CCN(C(=O)[C@@H]1[C@@H]2CC(C)C3(S2)C(C(=O)N(CC=C)C(C)C)N([C@@H](CO)C(C)C)C(=O)[C@H]13)c1ccccc1. The summed E-state index contributed by atoms with van der Waals surface area (Å²) in [5, 5.41) is 10.4. The van der Waals surface area contributed by atoms with E-state index in [-0.39, 0.29) is 47.5 Å². The standard InChI is InChI=1S/C31H43N3O4S/c1-8-15-32(20(5)6)30(38)27-31-21(7)17-24(39-31)25(26(31)29(37)34(27)23(18-35)19(3)4)28(36)33(16-9-2)22-13-11-10-12-14-22/h8-14,19-21,23-27,35H,1-2,15-18H2,3-7H3/t21?,23-,24-,25+,26-,27?,31?/m0/s1. The van der Waals surface area contributed by atoms with Gasteiger partial charge in [-0.15, -0.1) is 24.9 Å². The third-order valence-corrected chi connectivity index (χ3v) is 11.0. The molecule has 1 aromatic carbocycles. The van der Waals surface area contributed by atoms with Crippen molar-refractivity contribution in [3.05, 3.63) is 55.6 Å². The molecule has 1 aromatic rings. The van der Waals surface area contributed by atoms with Crippen LogP contribution in [0.5, 0.6) is 0 Å². The van der Waals surface area contributed by atoms with Gasteiger partial charge in [-0.2, -0.15) is 0 Å². The van der Waals surface area contributed by atoms with Crippen molar-refractivity contribution in [2.45, 2.75) is 69.2 Å². The second-order valence-corrected chi connectivity index (χ2v) is 13.3. The first-order valence-corrected chi connectivity index (χ1v) is 14.9. The number of amides is 3. The Morgan fingerprint density at radius 2 is 1.77 bits per heavy atom. The number of aliphatic hydroxyl groups is 1. The normalized spacial score (nSPS) is 30.0. The van der Waals surface area contributed by atoms with E-state index in [2.05, 4.69) is 20.1 Å². The van der Waals surface area contributed by atoms with E-state index in [9.17, 15) is 19.5 Å². The quantitative estimate of drug-likeness (QED) is 0.419. The van der Waals surface area contributed by atoms with E-state index < -0.39 is 28.7 Å². The molecule has 0 aliphatic carbocycles. The molecule has 3 fully saturated rings. The molecule has 3 aliphatic rings. The molecule has 39 heavy (non-hydrogen) atoms. The minimum atomic E-state index is -0.760. The lowest BCUT2D eigenvalue weighted by Gasteiger charge is -2.43. The van der Waals surface area contributed by atoms with E-state index in [4.69, 9.17) is 0 Å². The molecule has 3 amide bonds. The van der Waals surface area contributed by atoms with Gasteiger partial charge in [-0.05, 0) is 44.2 Å². The predicted octanol–water partition coefficient (Wildman–Crippen LogP) is 3.98. The smallest absolute Gasteiger partial charge is 0.247 e. The van der Waals surface area contributed by atoms with Gasteiger partial charge in [0, 0.05) is 30.1 Å². The van der Waals surface area contributed by atoms with E-state index in [1.54, 1.807) is 38.6 Å². The number of benzene rings is 1. The van der Waals surface area contributed by atoms with Crippen LogP contribution in [0.1, 0.15) is 41.0 Å². The number of para-hydroxylation sites is 1. The monoisotopic (exact) mass is 553 g/mol. The highest BCUT2D eigenvalue weighted by Crippen LogP contribution is 2.69. The maximum absolute atomic E-state index is 14.5. The van der Waals surface area contributed by atoms with E-state index in [1.807, 2.05) is 58.0 Å². The van der Waals surface area contributed by atoms with Gasteiger partial charge in [0.1, 0.15) is 6.04 Å². The molecule has 1 N–H and O–H groups in total. The summed E-state index contributed by atoms with van der Waals surface area (Å²) in [4.78, 5) is 48.5. The van der Waals surface area contributed by atoms with Crippen LogP contribution in [0.4, 0.5) is 5.69 Å². The number of likely N-dealkylation sites (tertiary alicyclic amines) is 1. The number of anilines is 1. The van der Waals surface area contributed by atoms with Crippen LogP contribution in [-0.2, 0) is 14.4 Å². The fourth-order valence-electron chi connectivity index (χ4n) is 7.09. The summed E-state index contributed by atoms with van der Waals surface area (Å²) in [6.07, 6.45) is 4.17. The van der Waals surface area contributed by atoms with Crippen LogP contribution in [-0.4, -0.2) is 80.4 Å².